The second kappa shape index (κ2) is 12.3. The highest BCUT2D eigenvalue weighted by Gasteiger charge is 2.05. The molecule has 0 aliphatic carbocycles. The predicted octanol–water partition coefficient (Wildman–Crippen LogP) is 8.42. The van der Waals surface area contributed by atoms with Crippen molar-refractivity contribution in [1.29, 1.82) is 0 Å². The first kappa shape index (κ1) is 23.8. The predicted molar refractivity (Wildman–Crippen MR) is 139 cm³/mol. The van der Waals surface area contributed by atoms with Gasteiger partial charge in [0.15, 0.2) is 0 Å². The Bertz CT molecular complexity index is 856. The fourth-order valence-electron chi connectivity index (χ4n) is 3.07. The average Bonchev–Trinajstić information content (AvgIpc) is 2.81. The number of alkyl halides is 4. The van der Waals surface area contributed by atoms with E-state index in [0.717, 1.165) is 43.9 Å². The summed E-state index contributed by atoms with van der Waals surface area (Å²) in [5.74, 6) is 1.77. The van der Waals surface area contributed by atoms with Crippen LogP contribution in [0.4, 0.5) is 0 Å². The minimum Gasteiger partial charge on any atom is -0.489 e. The molecule has 0 atom stereocenters. The third kappa shape index (κ3) is 7.11. The Morgan fingerprint density at radius 2 is 0.800 bits per heavy atom. The summed E-state index contributed by atoms with van der Waals surface area (Å²) in [5, 5.41) is 3.24. The van der Waals surface area contributed by atoms with Crippen LogP contribution in [0.1, 0.15) is 33.4 Å². The molecule has 0 radical (unpaired) electrons. The van der Waals surface area contributed by atoms with Gasteiger partial charge in [0.05, 0.1) is 0 Å². The van der Waals surface area contributed by atoms with E-state index >= 15 is 0 Å². The fourth-order valence-corrected chi connectivity index (χ4v) is 4.37. The summed E-state index contributed by atoms with van der Waals surface area (Å²) in [6, 6.07) is 21.0. The van der Waals surface area contributed by atoms with E-state index in [9.17, 15) is 0 Å². The number of hydrogen-bond donors (Lipinski definition) is 0. The Labute approximate surface area is 211 Å². The van der Waals surface area contributed by atoms with E-state index in [-0.39, 0.29) is 0 Å². The molecule has 0 unspecified atom stereocenters. The van der Waals surface area contributed by atoms with Gasteiger partial charge in [0, 0.05) is 21.3 Å². The molecular formula is C24H22Br4O2. The van der Waals surface area contributed by atoms with Crippen LogP contribution in [0.3, 0.4) is 0 Å². The van der Waals surface area contributed by atoms with Gasteiger partial charge in [-0.2, -0.15) is 0 Å². The summed E-state index contributed by atoms with van der Waals surface area (Å²) in [6.45, 7) is 1.04. The number of benzene rings is 3. The third-order valence-electron chi connectivity index (χ3n) is 4.47. The van der Waals surface area contributed by atoms with Crippen molar-refractivity contribution in [2.75, 3.05) is 0 Å². The summed E-state index contributed by atoms with van der Waals surface area (Å²) in [5.41, 5.74) is 7.07. The van der Waals surface area contributed by atoms with Gasteiger partial charge in [-0.1, -0.05) is 94.1 Å². The Balaban J connectivity index is 1.64. The Kier molecular flexibility index (Phi) is 9.75. The lowest BCUT2D eigenvalue weighted by Gasteiger charge is -2.12. The number of rotatable bonds is 10. The van der Waals surface area contributed by atoms with E-state index in [4.69, 9.17) is 9.47 Å². The second-order valence-corrected chi connectivity index (χ2v) is 9.15. The molecule has 0 heterocycles. The van der Waals surface area contributed by atoms with Gasteiger partial charge in [-0.25, -0.2) is 0 Å². The zero-order chi connectivity index (χ0) is 21.3. The SMILES string of the molecule is BrCc1cc(CBr)cc(OCc2cccc(COc3cc(CBr)cc(CBr)c3)c2)c1. The van der Waals surface area contributed by atoms with Crippen LogP contribution in [0.2, 0.25) is 0 Å². The smallest absolute Gasteiger partial charge is 0.120 e. The molecule has 0 saturated heterocycles. The van der Waals surface area contributed by atoms with E-state index in [0.29, 0.717) is 13.2 Å². The van der Waals surface area contributed by atoms with Crippen molar-refractivity contribution in [3.05, 3.63) is 94.0 Å². The minimum atomic E-state index is 0.522. The zero-order valence-electron chi connectivity index (χ0n) is 16.3. The second-order valence-electron chi connectivity index (χ2n) is 6.90. The van der Waals surface area contributed by atoms with E-state index in [1.54, 1.807) is 0 Å². The average molecular weight is 662 g/mol. The number of halogens is 4. The quantitative estimate of drug-likeness (QED) is 0.203. The maximum absolute atomic E-state index is 6.06. The monoisotopic (exact) mass is 658 g/mol. The molecule has 0 amide bonds. The van der Waals surface area contributed by atoms with Crippen molar-refractivity contribution in [1.82, 2.24) is 0 Å². The molecule has 0 fully saturated rings. The van der Waals surface area contributed by atoms with Crippen LogP contribution in [0.15, 0.2) is 60.7 Å². The fraction of sp³-hybridized carbons (Fsp3) is 0.250. The molecule has 3 aromatic carbocycles. The third-order valence-corrected chi connectivity index (χ3v) is 7.06. The van der Waals surface area contributed by atoms with Crippen LogP contribution in [0.25, 0.3) is 0 Å². The van der Waals surface area contributed by atoms with Crippen LogP contribution in [0, 0.1) is 0 Å². The van der Waals surface area contributed by atoms with Crippen LogP contribution < -0.4 is 9.47 Å². The summed E-state index contributed by atoms with van der Waals surface area (Å²) in [6.07, 6.45) is 0. The molecule has 158 valence electrons. The van der Waals surface area contributed by atoms with Crippen LogP contribution in [-0.2, 0) is 34.5 Å². The van der Waals surface area contributed by atoms with Gasteiger partial charge >= 0.3 is 0 Å². The lowest BCUT2D eigenvalue weighted by Crippen LogP contribution is -2.00. The van der Waals surface area contributed by atoms with E-state index in [1.807, 2.05) is 0 Å². The van der Waals surface area contributed by atoms with Crippen molar-refractivity contribution in [2.24, 2.45) is 0 Å². The van der Waals surface area contributed by atoms with Gasteiger partial charge in [0.25, 0.3) is 0 Å². The molecule has 0 saturated carbocycles. The molecule has 2 nitrogen and oxygen atoms in total. The van der Waals surface area contributed by atoms with Crippen molar-refractivity contribution in [3.8, 4) is 11.5 Å². The number of hydrogen-bond acceptors (Lipinski definition) is 2. The lowest BCUT2D eigenvalue weighted by molar-refractivity contribution is 0.299. The highest BCUT2D eigenvalue weighted by Crippen LogP contribution is 2.24. The van der Waals surface area contributed by atoms with Gasteiger partial charge in [-0.3, -0.25) is 0 Å². The van der Waals surface area contributed by atoms with Crippen molar-refractivity contribution >= 4 is 63.7 Å². The van der Waals surface area contributed by atoms with E-state index < -0.39 is 0 Å². The molecule has 0 bridgehead atoms. The van der Waals surface area contributed by atoms with Crippen LogP contribution >= 0.6 is 63.7 Å². The molecule has 3 aromatic rings. The maximum Gasteiger partial charge on any atom is 0.120 e. The molecular weight excluding hydrogens is 640 g/mol. The molecule has 0 spiro atoms. The van der Waals surface area contributed by atoms with E-state index in [2.05, 4.69) is 124 Å². The van der Waals surface area contributed by atoms with Crippen LogP contribution in [0.5, 0.6) is 11.5 Å². The molecule has 6 heteroatoms. The minimum absolute atomic E-state index is 0.522. The van der Waals surface area contributed by atoms with Gasteiger partial charge in [0.1, 0.15) is 24.7 Å². The Hall–Kier alpha value is -0.820. The number of ether oxygens (including phenoxy) is 2. The Morgan fingerprint density at radius 1 is 0.467 bits per heavy atom. The van der Waals surface area contributed by atoms with Gasteiger partial charge in [-0.05, 0) is 63.7 Å². The first-order valence-corrected chi connectivity index (χ1v) is 13.9. The summed E-state index contributed by atoms with van der Waals surface area (Å²) < 4.78 is 12.1. The summed E-state index contributed by atoms with van der Waals surface area (Å²) in [4.78, 5) is 0. The topological polar surface area (TPSA) is 18.5 Å². The highest BCUT2D eigenvalue weighted by atomic mass is 79.9. The molecule has 0 aliphatic rings. The largest absolute Gasteiger partial charge is 0.489 e. The van der Waals surface area contributed by atoms with Crippen molar-refractivity contribution in [3.63, 3.8) is 0 Å². The lowest BCUT2D eigenvalue weighted by atomic mass is 10.1. The van der Waals surface area contributed by atoms with Gasteiger partial charge < -0.3 is 9.47 Å². The molecule has 3 rings (SSSR count). The first-order valence-electron chi connectivity index (χ1n) is 9.46. The standard InChI is InChI=1S/C24H22Br4O2/c25-11-19-5-20(12-26)8-23(7-19)29-15-17-2-1-3-18(4-17)16-30-24-9-21(13-27)6-22(10-24)14-28/h1-10H,11-16H2. The zero-order valence-corrected chi connectivity index (χ0v) is 22.7. The highest BCUT2D eigenvalue weighted by molar-refractivity contribution is 9.09. The van der Waals surface area contributed by atoms with Crippen LogP contribution in [-0.4, -0.2) is 0 Å². The first-order chi connectivity index (χ1) is 14.6. The Morgan fingerprint density at radius 3 is 1.13 bits per heavy atom. The maximum atomic E-state index is 6.06. The van der Waals surface area contributed by atoms with Crippen molar-refractivity contribution < 1.29 is 9.47 Å². The molecule has 0 aromatic heterocycles. The van der Waals surface area contributed by atoms with Gasteiger partial charge in [-0.15, -0.1) is 0 Å². The molecule has 0 aliphatic heterocycles. The summed E-state index contributed by atoms with van der Waals surface area (Å²) >= 11 is 14.1. The summed E-state index contributed by atoms with van der Waals surface area (Å²) in [7, 11) is 0. The van der Waals surface area contributed by atoms with Gasteiger partial charge in [0.2, 0.25) is 0 Å². The molecule has 0 N–H and O–H groups in total. The van der Waals surface area contributed by atoms with Crippen molar-refractivity contribution in [2.45, 2.75) is 34.5 Å². The molecule has 30 heavy (non-hydrogen) atoms. The normalized spacial score (nSPS) is 10.8. The van der Waals surface area contributed by atoms with E-state index in [1.165, 1.54) is 22.3 Å².